The molecule has 4 heteroatoms. The highest BCUT2D eigenvalue weighted by atomic mass is 16.3. The summed E-state index contributed by atoms with van der Waals surface area (Å²) in [6.07, 6.45) is 10.8. The number of aliphatic hydroxyl groups excluding tert-OH is 1. The molecule has 1 aliphatic heterocycles. The maximum absolute atomic E-state index is 10.0. The van der Waals surface area contributed by atoms with Gasteiger partial charge in [0.15, 0.2) is 0 Å². The highest BCUT2D eigenvalue weighted by Gasteiger charge is 2.25. The summed E-state index contributed by atoms with van der Waals surface area (Å²) in [7, 11) is 0. The molecule has 1 saturated heterocycles. The molecule has 1 aromatic heterocycles. The molecule has 0 unspecified atom stereocenters. The second-order valence-electron chi connectivity index (χ2n) is 5.06. The highest BCUT2D eigenvalue weighted by Crippen LogP contribution is 2.30. The number of aliphatic hydroxyl groups is 1. The summed E-state index contributed by atoms with van der Waals surface area (Å²) in [6, 6.07) is 0.413. The number of allylic oxidation sites excluding steroid dienone is 1. The summed E-state index contributed by atoms with van der Waals surface area (Å²) in [5, 5.41) is 17.0. The molecule has 2 atom stereocenters. The lowest BCUT2D eigenvalue weighted by molar-refractivity contribution is 0.0631. The Balaban J connectivity index is 1.93. The minimum Gasteiger partial charge on any atom is -0.392 e. The first-order valence-electron chi connectivity index (χ1n) is 6.83. The van der Waals surface area contributed by atoms with Crippen molar-refractivity contribution in [2.45, 2.75) is 44.2 Å². The molecule has 1 aliphatic rings. The topological polar surface area (TPSA) is 52.1 Å². The first kappa shape index (κ1) is 13.3. The Labute approximate surface area is 109 Å². The molecule has 0 aliphatic carbocycles. The van der Waals surface area contributed by atoms with E-state index in [1.54, 1.807) is 0 Å². The van der Waals surface area contributed by atoms with Gasteiger partial charge in [-0.05, 0) is 32.2 Å². The van der Waals surface area contributed by atoms with Crippen LogP contribution in [0.5, 0.6) is 0 Å². The van der Waals surface area contributed by atoms with E-state index in [2.05, 4.69) is 21.7 Å². The summed E-state index contributed by atoms with van der Waals surface area (Å²) in [4.78, 5) is 2.39. The fourth-order valence-corrected chi connectivity index (χ4v) is 2.70. The highest BCUT2D eigenvalue weighted by molar-refractivity contribution is 5.10. The molecular formula is C14H23N3O. The Kier molecular flexibility index (Phi) is 4.96. The van der Waals surface area contributed by atoms with Crippen LogP contribution in [0.25, 0.3) is 0 Å². The van der Waals surface area contributed by atoms with Crippen molar-refractivity contribution in [1.29, 1.82) is 0 Å². The number of piperidine rings is 1. The van der Waals surface area contributed by atoms with Gasteiger partial charge in [0.25, 0.3) is 0 Å². The molecule has 0 saturated carbocycles. The van der Waals surface area contributed by atoms with Crippen LogP contribution in [-0.2, 0) is 0 Å². The number of hydrogen-bond acceptors (Lipinski definition) is 3. The minimum atomic E-state index is -0.254. The monoisotopic (exact) mass is 249 g/mol. The summed E-state index contributed by atoms with van der Waals surface area (Å²) in [5.41, 5.74) is 1.24. The van der Waals surface area contributed by atoms with E-state index < -0.39 is 0 Å². The number of H-pyrrole nitrogens is 1. The molecule has 2 rings (SSSR count). The Morgan fingerprint density at radius 1 is 1.61 bits per heavy atom. The van der Waals surface area contributed by atoms with Gasteiger partial charge in [0.1, 0.15) is 0 Å². The molecule has 0 radical (unpaired) electrons. The molecular weight excluding hydrogens is 226 g/mol. The van der Waals surface area contributed by atoms with Crippen LogP contribution >= 0.6 is 0 Å². The molecule has 2 heterocycles. The Morgan fingerprint density at radius 2 is 2.50 bits per heavy atom. The van der Waals surface area contributed by atoms with Gasteiger partial charge < -0.3 is 5.11 Å². The van der Waals surface area contributed by atoms with Gasteiger partial charge in [-0.1, -0.05) is 12.5 Å². The van der Waals surface area contributed by atoms with E-state index in [4.69, 9.17) is 0 Å². The Morgan fingerprint density at radius 3 is 3.22 bits per heavy atom. The third kappa shape index (κ3) is 3.43. The fourth-order valence-electron chi connectivity index (χ4n) is 2.70. The van der Waals surface area contributed by atoms with Crippen molar-refractivity contribution < 1.29 is 5.11 Å². The molecule has 18 heavy (non-hydrogen) atoms. The van der Waals surface area contributed by atoms with Crippen LogP contribution in [0.1, 0.15) is 43.7 Å². The molecule has 0 spiro atoms. The molecule has 1 aromatic rings. The predicted octanol–water partition coefficient (Wildman–Crippen LogP) is 2.26. The summed E-state index contributed by atoms with van der Waals surface area (Å²) in [6.45, 7) is 5.52. The normalized spacial score (nSPS) is 22.8. The average Bonchev–Trinajstić information content (AvgIpc) is 2.91. The maximum atomic E-state index is 10.0. The molecule has 0 amide bonds. The second-order valence-corrected chi connectivity index (χ2v) is 5.06. The zero-order chi connectivity index (χ0) is 12.8. The lowest BCUT2D eigenvalue weighted by Gasteiger charge is -2.36. The fraction of sp³-hybridized carbons (Fsp3) is 0.643. The molecule has 0 bridgehead atoms. The molecule has 0 aromatic carbocycles. The van der Waals surface area contributed by atoms with Crippen LogP contribution in [0.3, 0.4) is 0 Å². The zero-order valence-corrected chi connectivity index (χ0v) is 10.9. The van der Waals surface area contributed by atoms with E-state index >= 15 is 0 Å². The van der Waals surface area contributed by atoms with Gasteiger partial charge in [0.2, 0.25) is 0 Å². The minimum absolute atomic E-state index is 0.254. The van der Waals surface area contributed by atoms with Crippen molar-refractivity contribution in [3.8, 4) is 0 Å². The first-order valence-corrected chi connectivity index (χ1v) is 6.83. The van der Waals surface area contributed by atoms with Crippen LogP contribution in [0.4, 0.5) is 0 Å². The second kappa shape index (κ2) is 6.71. The number of β-amino-alcohol motifs (C(OH)–C–C–N with tert-alkyl or cyclic N) is 1. The number of nitrogens with one attached hydrogen (secondary N) is 1. The average molecular weight is 249 g/mol. The van der Waals surface area contributed by atoms with Gasteiger partial charge in [-0.15, -0.1) is 6.58 Å². The Hall–Kier alpha value is -1.13. The van der Waals surface area contributed by atoms with Crippen LogP contribution in [0.15, 0.2) is 25.0 Å². The van der Waals surface area contributed by atoms with E-state index in [-0.39, 0.29) is 6.10 Å². The van der Waals surface area contributed by atoms with Crippen LogP contribution < -0.4 is 0 Å². The van der Waals surface area contributed by atoms with Crippen molar-refractivity contribution >= 4 is 0 Å². The van der Waals surface area contributed by atoms with E-state index in [1.807, 2.05) is 18.5 Å². The van der Waals surface area contributed by atoms with Crippen LogP contribution in [0.2, 0.25) is 0 Å². The van der Waals surface area contributed by atoms with Gasteiger partial charge in [-0.3, -0.25) is 10.00 Å². The SMILES string of the molecule is C=CCC[C@@H](O)CN1CCCC[C@H]1c1cn[nH]c1. The predicted molar refractivity (Wildman–Crippen MR) is 72.2 cm³/mol. The van der Waals surface area contributed by atoms with Gasteiger partial charge in [-0.2, -0.15) is 5.10 Å². The summed E-state index contributed by atoms with van der Waals surface area (Å²) >= 11 is 0. The molecule has 2 N–H and O–H groups in total. The number of aromatic amines is 1. The van der Waals surface area contributed by atoms with E-state index in [9.17, 15) is 5.11 Å². The van der Waals surface area contributed by atoms with Crippen molar-refractivity contribution in [3.05, 3.63) is 30.6 Å². The van der Waals surface area contributed by atoms with Crippen LogP contribution in [0, 0.1) is 0 Å². The number of likely N-dealkylation sites (tertiary alicyclic amines) is 1. The third-order valence-electron chi connectivity index (χ3n) is 3.67. The Bertz CT molecular complexity index is 350. The number of hydrogen-bond donors (Lipinski definition) is 2. The first-order chi connectivity index (χ1) is 8.81. The molecule has 4 nitrogen and oxygen atoms in total. The van der Waals surface area contributed by atoms with Crippen molar-refractivity contribution in [2.24, 2.45) is 0 Å². The van der Waals surface area contributed by atoms with Crippen molar-refractivity contribution in [2.75, 3.05) is 13.1 Å². The van der Waals surface area contributed by atoms with Gasteiger partial charge >= 0.3 is 0 Å². The van der Waals surface area contributed by atoms with E-state index in [1.165, 1.54) is 18.4 Å². The van der Waals surface area contributed by atoms with Crippen molar-refractivity contribution in [1.82, 2.24) is 15.1 Å². The maximum Gasteiger partial charge on any atom is 0.0670 e. The van der Waals surface area contributed by atoms with E-state index in [0.29, 0.717) is 6.04 Å². The number of aromatic nitrogens is 2. The molecule has 100 valence electrons. The standard InChI is InChI=1S/C14H23N3O/c1-2-3-6-13(18)11-17-8-5-4-7-14(17)12-9-15-16-10-12/h2,9-10,13-14,18H,1,3-8,11H2,(H,15,16)/t13-,14+/m1/s1. The van der Waals surface area contributed by atoms with Gasteiger partial charge in [0.05, 0.1) is 12.3 Å². The van der Waals surface area contributed by atoms with Crippen LogP contribution in [-0.4, -0.2) is 39.4 Å². The van der Waals surface area contributed by atoms with Gasteiger partial charge in [-0.25, -0.2) is 0 Å². The molecule has 1 fully saturated rings. The smallest absolute Gasteiger partial charge is 0.0670 e. The number of nitrogens with zero attached hydrogens (tertiary/aromatic N) is 2. The largest absolute Gasteiger partial charge is 0.392 e. The van der Waals surface area contributed by atoms with Gasteiger partial charge in [0, 0.05) is 24.3 Å². The lowest BCUT2D eigenvalue weighted by Crippen LogP contribution is -2.38. The quantitative estimate of drug-likeness (QED) is 0.760. The van der Waals surface area contributed by atoms with E-state index in [0.717, 1.165) is 32.4 Å². The lowest BCUT2D eigenvalue weighted by atomic mass is 9.97. The van der Waals surface area contributed by atoms with Crippen molar-refractivity contribution in [3.63, 3.8) is 0 Å². The number of rotatable bonds is 6. The third-order valence-corrected chi connectivity index (χ3v) is 3.67. The zero-order valence-electron chi connectivity index (χ0n) is 10.9. The summed E-state index contributed by atoms with van der Waals surface area (Å²) < 4.78 is 0. The summed E-state index contributed by atoms with van der Waals surface area (Å²) in [5.74, 6) is 0.